The van der Waals surface area contributed by atoms with E-state index < -0.39 is 15.9 Å². The van der Waals surface area contributed by atoms with Crippen molar-refractivity contribution < 1.29 is 22.4 Å². The van der Waals surface area contributed by atoms with Crippen LogP contribution in [0.3, 0.4) is 0 Å². The molecule has 1 aliphatic rings. The molecule has 11 heteroatoms. The molecule has 2 aromatic carbocycles. The van der Waals surface area contributed by atoms with Gasteiger partial charge in [0.05, 0.1) is 32.7 Å². The molecule has 0 aliphatic carbocycles. The van der Waals surface area contributed by atoms with Crippen molar-refractivity contribution >= 4 is 32.8 Å². The molecule has 1 atom stereocenters. The van der Waals surface area contributed by atoms with Crippen LogP contribution in [-0.4, -0.2) is 72.8 Å². The Kier molecular flexibility index (Phi) is 8.57. The van der Waals surface area contributed by atoms with Gasteiger partial charge in [-0.2, -0.15) is 4.31 Å². The molecular weight excluding hydrogens is 494 g/mol. The van der Waals surface area contributed by atoms with Crippen LogP contribution in [0.4, 0.5) is 0 Å². The molecule has 0 bridgehead atoms. The van der Waals surface area contributed by atoms with Gasteiger partial charge < -0.3 is 14.5 Å². The van der Waals surface area contributed by atoms with E-state index in [1.807, 2.05) is 6.07 Å². The summed E-state index contributed by atoms with van der Waals surface area (Å²) < 4.78 is 36.7. The lowest BCUT2D eigenvalue weighted by atomic mass is 9.96. The van der Waals surface area contributed by atoms with Crippen molar-refractivity contribution in [3.05, 3.63) is 66.1 Å². The van der Waals surface area contributed by atoms with Crippen molar-refractivity contribution in [2.45, 2.75) is 38.4 Å². The molecule has 1 aliphatic heterocycles. The zero-order valence-corrected chi connectivity index (χ0v) is 22.1. The van der Waals surface area contributed by atoms with E-state index in [4.69, 9.17) is 9.15 Å². The largest absolute Gasteiger partial charge is 0.504 e. The lowest BCUT2D eigenvalue weighted by Gasteiger charge is -2.39. The van der Waals surface area contributed by atoms with Gasteiger partial charge in [0.15, 0.2) is 0 Å². The van der Waals surface area contributed by atoms with Crippen LogP contribution in [0.1, 0.15) is 43.2 Å². The quantitative estimate of drug-likeness (QED) is 0.400. The lowest BCUT2D eigenvalue weighted by molar-refractivity contribution is -0.122. The number of rotatable bonds is 10. The number of aromatic nitrogens is 2. The van der Waals surface area contributed by atoms with Gasteiger partial charge in [0, 0.05) is 31.2 Å². The zero-order valence-electron chi connectivity index (χ0n) is 21.3. The summed E-state index contributed by atoms with van der Waals surface area (Å²) in [6.07, 6.45) is 5.34. The number of carbonyl (C=O) groups is 1. The molecule has 10 nitrogen and oxygen atoms in total. The van der Waals surface area contributed by atoms with E-state index >= 15 is 0 Å². The fraction of sp³-hybridized carbons (Fsp3) is 0.423. The van der Waals surface area contributed by atoms with Crippen LogP contribution in [0.2, 0.25) is 0 Å². The highest BCUT2D eigenvalue weighted by atomic mass is 32.2. The van der Waals surface area contributed by atoms with Gasteiger partial charge in [-0.15, -0.1) is 10.2 Å². The second-order valence-corrected chi connectivity index (χ2v) is 11.1. The summed E-state index contributed by atoms with van der Waals surface area (Å²) in [5, 5.41) is 12.8. The van der Waals surface area contributed by atoms with Crippen molar-refractivity contribution in [1.82, 2.24) is 24.7 Å². The van der Waals surface area contributed by atoms with Gasteiger partial charge in [0.1, 0.15) is 0 Å². The summed E-state index contributed by atoms with van der Waals surface area (Å²) in [4.78, 5) is 15.0. The number of hydrogen-bond acceptors (Lipinski definition) is 8. The molecule has 1 amide bonds. The van der Waals surface area contributed by atoms with Gasteiger partial charge in [-0.05, 0) is 36.1 Å². The predicted molar refractivity (Wildman–Crippen MR) is 141 cm³/mol. The summed E-state index contributed by atoms with van der Waals surface area (Å²) in [7, 11) is -2.09. The van der Waals surface area contributed by atoms with Crippen molar-refractivity contribution in [3.63, 3.8) is 0 Å². The van der Waals surface area contributed by atoms with E-state index in [1.54, 1.807) is 0 Å². The smallest absolute Gasteiger partial charge is 0.243 e. The minimum absolute atomic E-state index is 0.00521. The van der Waals surface area contributed by atoms with Gasteiger partial charge in [0.25, 0.3) is 0 Å². The molecule has 0 saturated carbocycles. The summed E-state index contributed by atoms with van der Waals surface area (Å²) in [5.74, 6) is 0.0308. The Balaban J connectivity index is 1.35. The maximum absolute atomic E-state index is 12.6. The Morgan fingerprint density at radius 2 is 1.95 bits per heavy atom. The Morgan fingerprint density at radius 3 is 2.68 bits per heavy atom. The number of amides is 1. The van der Waals surface area contributed by atoms with Crippen molar-refractivity contribution in [2.24, 2.45) is 0 Å². The molecule has 1 unspecified atom stereocenters. The molecule has 1 aromatic heterocycles. The summed E-state index contributed by atoms with van der Waals surface area (Å²) in [6, 6.07) is 14.6. The molecule has 1 saturated heterocycles. The Labute approximate surface area is 217 Å². The SMILES string of the molecule is CO/C=C/c1nnc(CNC(=O)CN(C2CCN(C(C)c3cccc4ccccc34)CC2)S(C)(=O)=O)o1. The third-order valence-electron chi connectivity index (χ3n) is 6.72. The number of carbonyl (C=O) groups excluding carboxylic acids is 1. The van der Waals surface area contributed by atoms with E-state index in [-0.39, 0.29) is 37.0 Å². The maximum atomic E-state index is 12.6. The molecule has 37 heavy (non-hydrogen) atoms. The fourth-order valence-electron chi connectivity index (χ4n) is 4.79. The van der Waals surface area contributed by atoms with Crippen LogP contribution >= 0.6 is 0 Å². The average molecular weight is 528 g/mol. The molecule has 3 aromatic rings. The highest BCUT2D eigenvalue weighted by Crippen LogP contribution is 2.31. The number of fused-ring (bicyclic) bond motifs is 1. The molecular formula is C26H33N5O5S. The van der Waals surface area contributed by atoms with Gasteiger partial charge in [-0.25, -0.2) is 8.42 Å². The number of sulfonamides is 1. The van der Waals surface area contributed by atoms with Gasteiger partial charge in [0.2, 0.25) is 27.7 Å². The van der Waals surface area contributed by atoms with Crippen LogP contribution in [0, 0.1) is 0 Å². The van der Waals surface area contributed by atoms with Crippen molar-refractivity contribution in [2.75, 3.05) is 33.0 Å². The topological polar surface area (TPSA) is 118 Å². The van der Waals surface area contributed by atoms with Crippen LogP contribution in [-0.2, 0) is 26.1 Å². The first kappa shape index (κ1) is 26.8. The molecule has 0 spiro atoms. The number of benzene rings is 2. The van der Waals surface area contributed by atoms with Gasteiger partial charge >= 0.3 is 0 Å². The molecule has 0 radical (unpaired) electrons. The third-order valence-corrected chi connectivity index (χ3v) is 8.00. The summed E-state index contributed by atoms with van der Waals surface area (Å²) >= 11 is 0. The third kappa shape index (κ3) is 6.73. The Hall–Kier alpha value is -3.28. The van der Waals surface area contributed by atoms with Crippen LogP contribution in [0.25, 0.3) is 16.8 Å². The number of methoxy groups -OCH3 is 1. The lowest BCUT2D eigenvalue weighted by Crippen LogP contribution is -2.50. The normalized spacial score (nSPS) is 16.4. The highest BCUT2D eigenvalue weighted by molar-refractivity contribution is 7.88. The maximum Gasteiger partial charge on any atom is 0.243 e. The van der Waals surface area contributed by atoms with Crippen LogP contribution in [0.5, 0.6) is 0 Å². The van der Waals surface area contributed by atoms with Crippen LogP contribution < -0.4 is 5.32 Å². The predicted octanol–water partition coefficient (Wildman–Crippen LogP) is 2.94. The van der Waals surface area contributed by atoms with E-state index in [0.717, 1.165) is 19.3 Å². The summed E-state index contributed by atoms with van der Waals surface area (Å²) in [6.45, 7) is 3.42. The molecule has 1 fully saturated rings. The molecule has 1 N–H and O–H groups in total. The number of ether oxygens (including phenoxy) is 1. The standard InChI is InChI=1S/C26H33N5O5S/c1-19(22-10-6-8-20-7-4-5-9-23(20)22)30-14-11-21(12-15-30)31(37(3,33)34)18-24(32)27-17-26-29-28-25(36-26)13-16-35-2/h4-10,13,16,19,21H,11-12,14-15,17-18H2,1-3H3,(H,27,32)/b16-13+. The number of likely N-dealkylation sites (tertiary alicyclic amines) is 1. The first-order valence-electron chi connectivity index (χ1n) is 12.2. The van der Waals surface area contributed by atoms with E-state index in [9.17, 15) is 13.2 Å². The number of nitrogens with zero attached hydrogens (tertiary/aromatic N) is 4. The van der Waals surface area contributed by atoms with Crippen molar-refractivity contribution in [3.8, 4) is 0 Å². The second kappa shape index (κ2) is 11.8. The first-order valence-corrected chi connectivity index (χ1v) is 14.1. The van der Waals surface area contributed by atoms with E-state index in [2.05, 4.69) is 63.7 Å². The minimum Gasteiger partial charge on any atom is -0.504 e. The van der Waals surface area contributed by atoms with Crippen molar-refractivity contribution in [1.29, 1.82) is 0 Å². The molecule has 2 heterocycles. The second-order valence-electron chi connectivity index (χ2n) is 9.17. The van der Waals surface area contributed by atoms with Gasteiger partial charge in [-0.1, -0.05) is 42.5 Å². The first-order chi connectivity index (χ1) is 17.8. The number of nitrogens with one attached hydrogen (secondary N) is 1. The monoisotopic (exact) mass is 527 g/mol. The highest BCUT2D eigenvalue weighted by Gasteiger charge is 2.33. The minimum atomic E-state index is -3.59. The molecule has 4 rings (SSSR count). The zero-order chi connectivity index (χ0) is 26.4. The number of piperidine rings is 1. The molecule has 198 valence electrons. The van der Waals surface area contributed by atoms with Crippen LogP contribution in [0.15, 0.2) is 53.1 Å². The summed E-state index contributed by atoms with van der Waals surface area (Å²) in [5.41, 5.74) is 1.26. The fourth-order valence-corrected chi connectivity index (χ4v) is 5.90. The van der Waals surface area contributed by atoms with E-state index in [1.165, 1.54) is 40.1 Å². The van der Waals surface area contributed by atoms with E-state index in [0.29, 0.717) is 12.8 Å². The Morgan fingerprint density at radius 1 is 1.22 bits per heavy atom. The number of hydrogen-bond donors (Lipinski definition) is 1. The van der Waals surface area contributed by atoms with Gasteiger partial charge in [-0.3, -0.25) is 9.69 Å². The Bertz CT molecular complexity index is 1340. The average Bonchev–Trinajstić information content (AvgIpc) is 3.36.